The molecule has 0 spiro atoms. The monoisotopic (exact) mass is 398 g/mol. The molecule has 128 valence electrons. The Kier molecular flexibility index (Phi) is 4.76. The quantitative estimate of drug-likeness (QED) is 0.565. The molecule has 1 aliphatic rings. The third-order valence-electron chi connectivity index (χ3n) is 3.98. The van der Waals surface area contributed by atoms with E-state index in [2.05, 4.69) is 4.98 Å². The Bertz CT molecular complexity index is 834. The normalized spacial score (nSPS) is 26.6. The van der Waals surface area contributed by atoms with Gasteiger partial charge in [0.1, 0.15) is 0 Å². The van der Waals surface area contributed by atoms with E-state index in [9.17, 15) is 19.8 Å². The summed E-state index contributed by atoms with van der Waals surface area (Å²) in [5.74, 6) is 0. The van der Waals surface area contributed by atoms with Crippen LogP contribution in [0.4, 0.5) is 0 Å². The number of benzene rings is 1. The van der Waals surface area contributed by atoms with Gasteiger partial charge in [-0.3, -0.25) is 0 Å². The summed E-state index contributed by atoms with van der Waals surface area (Å²) in [6, 6.07) is 9.49. The van der Waals surface area contributed by atoms with Gasteiger partial charge in [0.15, 0.2) is 0 Å². The van der Waals surface area contributed by atoms with E-state index >= 15 is 0 Å². The Labute approximate surface area is 144 Å². The third-order valence-corrected chi connectivity index (χ3v) is 6.81. The molecule has 0 saturated carbocycles. The Hall–Kier alpha value is -1.70. The van der Waals surface area contributed by atoms with Crippen LogP contribution in [0.25, 0.3) is 0 Å². The van der Waals surface area contributed by atoms with Crippen LogP contribution in [0.1, 0.15) is 18.2 Å². The fraction of sp³-hybridized carbons (Fsp3) is 0.375. The van der Waals surface area contributed by atoms with E-state index in [0.29, 0.717) is 5.56 Å². The Morgan fingerprint density at radius 2 is 2.08 bits per heavy atom. The van der Waals surface area contributed by atoms with Gasteiger partial charge in [0.2, 0.25) is 0 Å². The molecule has 0 bridgehead atoms. The van der Waals surface area contributed by atoms with Crippen molar-refractivity contribution >= 4 is 19.4 Å². The Morgan fingerprint density at radius 1 is 1.38 bits per heavy atom. The first-order chi connectivity index (χ1) is 11.4. The van der Waals surface area contributed by atoms with Gasteiger partial charge in [0, 0.05) is 0 Å². The van der Waals surface area contributed by atoms with Gasteiger partial charge in [-0.25, -0.2) is 0 Å². The summed E-state index contributed by atoms with van der Waals surface area (Å²) in [5.41, 5.74) is -0.664. The summed E-state index contributed by atoms with van der Waals surface area (Å²) in [4.78, 5) is 25.8. The number of aliphatic hydroxyl groups is 2. The van der Waals surface area contributed by atoms with Crippen molar-refractivity contribution in [3.8, 4) is 0 Å². The second kappa shape index (κ2) is 6.66. The number of aryl methyl sites for hydroxylation is 1. The zero-order valence-corrected chi connectivity index (χ0v) is 14.7. The van der Waals surface area contributed by atoms with Crippen molar-refractivity contribution in [2.75, 3.05) is 6.61 Å². The van der Waals surface area contributed by atoms with Gasteiger partial charge in [-0.1, -0.05) is 0 Å². The average Bonchev–Trinajstić information content (AvgIpc) is 2.89. The van der Waals surface area contributed by atoms with E-state index in [1.54, 1.807) is 6.92 Å². The van der Waals surface area contributed by atoms with Crippen LogP contribution in [-0.2, 0) is 4.74 Å². The molecule has 24 heavy (non-hydrogen) atoms. The van der Waals surface area contributed by atoms with Gasteiger partial charge in [-0.2, -0.15) is 0 Å². The van der Waals surface area contributed by atoms with Crippen molar-refractivity contribution < 1.29 is 14.9 Å². The van der Waals surface area contributed by atoms with Gasteiger partial charge in [0.05, 0.1) is 0 Å². The zero-order chi connectivity index (χ0) is 17.3. The molecule has 1 aliphatic heterocycles. The van der Waals surface area contributed by atoms with Crippen LogP contribution in [0.5, 0.6) is 0 Å². The number of nitrogens with zero attached hydrogens (tertiary/aromatic N) is 1. The van der Waals surface area contributed by atoms with Gasteiger partial charge in [-0.05, 0) is 0 Å². The van der Waals surface area contributed by atoms with Crippen LogP contribution < -0.4 is 15.7 Å². The van der Waals surface area contributed by atoms with Crippen LogP contribution in [0, 0.1) is 6.92 Å². The van der Waals surface area contributed by atoms with Crippen LogP contribution >= 0.6 is 0 Å². The molecule has 0 amide bonds. The predicted molar refractivity (Wildman–Crippen MR) is 88.5 cm³/mol. The van der Waals surface area contributed by atoms with Crippen LogP contribution in [0.3, 0.4) is 0 Å². The molecule has 2 heterocycles. The van der Waals surface area contributed by atoms with E-state index < -0.39 is 28.1 Å². The second-order valence-electron chi connectivity index (χ2n) is 5.69. The third kappa shape index (κ3) is 3.11. The summed E-state index contributed by atoms with van der Waals surface area (Å²) in [6.07, 6.45) is -0.0603. The maximum atomic E-state index is 12.0. The minimum absolute atomic E-state index is 0.167. The molecular formula is C16H18N2O5Se. The van der Waals surface area contributed by atoms with E-state index in [1.807, 2.05) is 30.3 Å². The summed E-state index contributed by atoms with van der Waals surface area (Å²) in [6.45, 7) is 1.24. The molecule has 3 atom stereocenters. The predicted octanol–water partition coefficient (Wildman–Crippen LogP) is -1.16. The van der Waals surface area contributed by atoms with Crippen molar-refractivity contribution in [3.05, 3.63) is 62.9 Å². The molecule has 0 unspecified atom stereocenters. The topological polar surface area (TPSA) is 105 Å². The first kappa shape index (κ1) is 17.1. The van der Waals surface area contributed by atoms with Crippen molar-refractivity contribution in [2.24, 2.45) is 0 Å². The van der Waals surface area contributed by atoms with Crippen LogP contribution in [-0.4, -0.2) is 51.9 Å². The number of ether oxygens (including phenoxy) is 1. The number of hydrogen-bond acceptors (Lipinski definition) is 5. The number of rotatable bonds is 4. The van der Waals surface area contributed by atoms with E-state index in [4.69, 9.17) is 4.74 Å². The molecule has 8 heteroatoms. The molecule has 7 nitrogen and oxygen atoms in total. The molecular weight excluding hydrogens is 379 g/mol. The fourth-order valence-corrected chi connectivity index (χ4v) is 5.06. The molecule has 1 aromatic heterocycles. The average molecular weight is 397 g/mol. The SMILES string of the molecule is Cc1cn([C@H]2C[C@H](O)[C@@](CO)([Se]c3ccccc3)O2)c(=O)[nH]c1=O. The molecule has 3 rings (SSSR count). The van der Waals surface area contributed by atoms with Gasteiger partial charge >= 0.3 is 144 Å². The molecule has 1 aromatic carbocycles. The standard InChI is InChI=1S/C16H18N2O5Se/c1-10-8-18(15(22)17-14(10)21)13-7-12(20)16(9-19,23-13)24-11-5-3-2-4-6-11/h2-6,8,12-13,19-20H,7,9H2,1H3,(H,17,21,22)/t12-,13+,16+/m0/s1. The van der Waals surface area contributed by atoms with Crippen molar-refractivity contribution in [1.82, 2.24) is 9.55 Å². The molecule has 3 N–H and O–H groups in total. The van der Waals surface area contributed by atoms with Gasteiger partial charge in [0.25, 0.3) is 0 Å². The summed E-state index contributed by atoms with van der Waals surface area (Å²) < 4.78 is 7.06. The number of aromatic nitrogens is 2. The maximum absolute atomic E-state index is 12.0. The zero-order valence-electron chi connectivity index (χ0n) is 13.0. The van der Waals surface area contributed by atoms with Crippen LogP contribution in [0.15, 0.2) is 46.1 Å². The fourth-order valence-electron chi connectivity index (χ4n) is 2.65. The van der Waals surface area contributed by atoms with Crippen molar-refractivity contribution in [2.45, 2.75) is 30.2 Å². The molecule has 2 aromatic rings. The summed E-state index contributed by atoms with van der Waals surface area (Å²) >= 11 is -0.349. The molecule has 0 aliphatic carbocycles. The number of aromatic amines is 1. The Morgan fingerprint density at radius 3 is 2.75 bits per heavy atom. The van der Waals surface area contributed by atoms with Crippen LogP contribution in [0.2, 0.25) is 0 Å². The molecule has 1 fully saturated rings. The Balaban J connectivity index is 1.92. The first-order valence-corrected chi connectivity index (χ1v) is 9.19. The van der Waals surface area contributed by atoms with Crippen molar-refractivity contribution in [3.63, 3.8) is 0 Å². The van der Waals surface area contributed by atoms with E-state index in [-0.39, 0.29) is 28.0 Å². The first-order valence-electron chi connectivity index (χ1n) is 7.48. The summed E-state index contributed by atoms with van der Waals surface area (Å²) in [5, 5.41) is 20.4. The summed E-state index contributed by atoms with van der Waals surface area (Å²) in [7, 11) is 0. The number of nitrogens with one attached hydrogen (secondary N) is 1. The molecule has 1 saturated heterocycles. The second-order valence-corrected chi connectivity index (χ2v) is 8.55. The minimum atomic E-state index is -1.12. The number of aliphatic hydroxyl groups excluding tert-OH is 2. The van der Waals surface area contributed by atoms with Crippen molar-refractivity contribution in [1.29, 1.82) is 0 Å². The van der Waals surface area contributed by atoms with Gasteiger partial charge in [-0.15, -0.1) is 0 Å². The van der Waals surface area contributed by atoms with E-state index in [1.165, 1.54) is 10.8 Å². The molecule has 0 radical (unpaired) electrons. The number of H-pyrrole nitrogens is 1. The van der Waals surface area contributed by atoms with Gasteiger partial charge < -0.3 is 0 Å². The number of hydrogen-bond donors (Lipinski definition) is 3. The van der Waals surface area contributed by atoms with E-state index in [0.717, 1.165) is 4.46 Å².